The molecule has 3 aromatic heterocycles. The Bertz CT molecular complexity index is 2070. The zero-order valence-corrected chi connectivity index (χ0v) is 23.1. The van der Waals surface area contributed by atoms with Crippen LogP contribution in [0.15, 0.2) is 143 Å². The number of rotatable bonds is 6. The molecule has 0 amide bonds. The summed E-state index contributed by atoms with van der Waals surface area (Å²) in [5, 5.41) is 1.53. The van der Waals surface area contributed by atoms with Gasteiger partial charge in [-0.25, -0.2) is 4.98 Å². The Morgan fingerprint density at radius 1 is 0.690 bits per heavy atom. The fourth-order valence-electron chi connectivity index (χ4n) is 6.20. The maximum absolute atomic E-state index is 13.9. The third-order valence-corrected chi connectivity index (χ3v) is 8.22. The van der Waals surface area contributed by atoms with Gasteiger partial charge in [0.05, 0.1) is 29.3 Å². The van der Waals surface area contributed by atoms with Crippen LogP contribution in [-0.4, -0.2) is 19.1 Å². The zero-order valence-electron chi connectivity index (χ0n) is 23.1. The number of aromatic amines is 1. The Morgan fingerprint density at radius 2 is 1.24 bits per heavy atom. The smallest absolute Gasteiger partial charge is 0.259 e. The number of aromatic nitrogens is 4. The number of nitrogens with one attached hydrogen (secondary N) is 1. The van der Waals surface area contributed by atoms with Crippen LogP contribution in [0.4, 0.5) is 0 Å². The zero-order chi connectivity index (χ0) is 28.7. The number of pyridine rings is 2. The highest BCUT2D eigenvalue weighted by atomic mass is 16.1. The van der Waals surface area contributed by atoms with Crippen LogP contribution in [-0.2, 0) is 12.1 Å². The van der Waals surface area contributed by atoms with Gasteiger partial charge in [-0.15, -0.1) is 0 Å². The first-order valence-corrected chi connectivity index (χ1v) is 13.9. The van der Waals surface area contributed by atoms with Crippen molar-refractivity contribution in [2.24, 2.45) is 0 Å². The number of H-pyrrole nitrogens is 1. The van der Waals surface area contributed by atoms with Crippen LogP contribution in [0.2, 0.25) is 0 Å². The van der Waals surface area contributed by atoms with Crippen molar-refractivity contribution in [1.82, 2.24) is 19.1 Å². The van der Waals surface area contributed by atoms with E-state index in [0.29, 0.717) is 16.3 Å². The molecule has 7 rings (SSSR count). The number of fused-ring (bicyclic) bond motifs is 3. The largest absolute Gasteiger partial charge is 0.321 e. The van der Waals surface area contributed by atoms with Gasteiger partial charge in [0.15, 0.2) is 0 Å². The number of hydrogen-bond acceptors (Lipinski definition) is 3. The van der Waals surface area contributed by atoms with Crippen molar-refractivity contribution < 1.29 is 0 Å². The van der Waals surface area contributed by atoms with E-state index in [-0.39, 0.29) is 17.7 Å². The summed E-state index contributed by atoms with van der Waals surface area (Å²) in [5.74, 6) is 0. The van der Waals surface area contributed by atoms with Crippen LogP contribution in [0.25, 0.3) is 21.7 Å². The standard InChI is InChI=1S/C36H28N4O2/c1-25-32(23-39-22-21-30-33(35(39)42)29-19-11-12-20-31(29)38-34(30)41)37-24-40(25)36(26-13-5-2-6-14-26,27-15-7-3-8-16-27)28-17-9-4-10-18-28/h2-22,24H,23H2,1H3,(H,38,41). The van der Waals surface area contributed by atoms with Crippen molar-refractivity contribution in [2.75, 3.05) is 0 Å². The summed E-state index contributed by atoms with van der Waals surface area (Å²) >= 11 is 0. The molecular formula is C36H28N4O2. The van der Waals surface area contributed by atoms with Gasteiger partial charge in [-0.2, -0.15) is 0 Å². The minimum absolute atomic E-state index is 0.218. The van der Waals surface area contributed by atoms with Crippen molar-refractivity contribution in [3.63, 3.8) is 0 Å². The maximum Gasteiger partial charge on any atom is 0.259 e. The molecule has 0 atom stereocenters. The molecule has 6 nitrogen and oxygen atoms in total. The molecule has 0 saturated carbocycles. The molecule has 0 aliphatic rings. The molecular weight excluding hydrogens is 520 g/mol. The van der Waals surface area contributed by atoms with Crippen molar-refractivity contribution in [3.05, 3.63) is 183 Å². The first kappa shape index (κ1) is 25.5. The number of hydrogen-bond donors (Lipinski definition) is 1. The first-order valence-electron chi connectivity index (χ1n) is 13.9. The van der Waals surface area contributed by atoms with Crippen LogP contribution < -0.4 is 11.1 Å². The van der Waals surface area contributed by atoms with Crippen molar-refractivity contribution in [1.29, 1.82) is 0 Å². The van der Waals surface area contributed by atoms with Crippen LogP contribution in [0.5, 0.6) is 0 Å². The summed E-state index contributed by atoms with van der Waals surface area (Å²) in [4.78, 5) is 34.4. The van der Waals surface area contributed by atoms with E-state index in [4.69, 9.17) is 4.98 Å². The van der Waals surface area contributed by atoms with Gasteiger partial charge in [0.1, 0.15) is 5.54 Å². The average molecular weight is 549 g/mol. The van der Waals surface area contributed by atoms with Gasteiger partial charge in [0.2, 0.25) is 0 Å². The van der Waals surface area contributed by atoms with Gasteiger partial charge in [0, 0.05) is 22.8 Å². The predicted octanol–water partition coefficient (Wildman–Crippen LogP) is 6.24. The predicted molar refractivity (Wildman–Crippen MR) is 167 cm³/mol. The van der Waals surface area contributed by atoms with E-state index in [9.17, 15) is 9.59 Å². The average Bonchev–Trinajstić information content (AvgIpc) is 3.40. The number of para-hydroxylation sites is 1. The van der Waals surface area contributed by atoms with Crippen LogP contribution in [0.1, 0.15) is 28.1 Å². The van der Waals surface area contributed by atoms with E-state index < -0.39 is 5.54 Å². The Hall–Kier alpha value is -5.49. The monoisotopic (exact) mass is 548 g/mol. The summed E-state index contributed by atoms with van der Waals surface area (Å²) in [5.41, 5.74) is 4.47. The second-order valence-electron chi connectivity index (χ2n) is 10.5. The van der Waals surface area contributed by atoms with Gasteiger partial charge in [0.25, 0.3) is 11.1 Å². The molecule has 6 heteroatoms. The molecule has 0 aliphatic heterocycles. The lowest BCUT2D eigenvalue weighted by atomic mass is 9.76. The molecule has 0 unspecified atom stereocenters. The molecule has 0 aliphatic carbocycles. The van der Waals surface area contributed by atoms with Gasteiger partial charge < -0.3 is 14.1 Å². The highest BCUT2D eigenvalue weighted by molar-refractivity contribution is 6.04. The van der Waals surface area contributed by atoms with E-state index >= 15 is 0 Å². The van der Waals surface area contributed by atoms with E-state index in [1.165, 1.54) is 0 Å². The molecule has 4 aromatic carbocycles. The molecule has 204 valence electrons. The fraction of sp³-hybridized carbons (Fsp3) is 0.0833. The van der Waals surface area contributed by atoms with E-state index in [0.717, 1.165) is 33.5 Å². The Balaban J connectivity index is 1.44. The van der Waals surface area contributed by atoms with Crippen molar-refractivity contribution in [2.45, 2.75) is 19.0 Å². The molecule has 0 radical (unpaired) electrons. The van der Waals surface area contributed by atoms with Crippen LogP contribution in [0, 0.1) is 6.92 Å². The number of imidazole rings is 1. The summed E-state index contributed by atoms with van der Waals surface area (Å²) in [6.07, 6.45) is 3.57. The summed E-state index contributed by atoms with van der Waals surface area (Å²) < 4.78 is 3.86. The molecule has 0 spiro atoms. The van der Waals surface area contributed by atoms with Gasteiger partial charge >= 0.3 is 0 Å². The van der Waals surface area contributed by atoms with Crippen LogP contribution in [0.3, 0.4) is 0 Å². The normalized spacial score (nSPS) is 11.7. The van der Waals surface area contributed by atoms with Crippen molar-refractivity contribution in [3.8, 4) is 0 Å². The quantitative estimate of drug-likeness (QED) is 0.198. The molecule has 1 N–H and O–H groups in total. The first-order chi connectivity index (χ1) is 20.6. The molecule has 0 bridgehead atoms. The lowest BCUT2D eigenvalue weighted by Gasteiger charge is -2.38. The summed E-state index contributed by atoms with van der Waals surface area (Å²) in [7, 11) is 0. The lowest BCUT2D eigenvalue weighted by molar-refractivity contribution is 0.502. The summed E-state index contributed by atoms with van der Waals surface area (Å²) in [6.45, 7) is 2.32. The van der Waals surface area contributed by atoms with Gasteiger partial charge in [-0.1, -0.05) is 109 Å². The minimum Gasteiger partial charge on any atom is -0.321 e. The molecule has 3 heterocycles. The SMILES string of the molecule is Cc1c(Cn2ccc3c(=O)[nH]c4ccccc4c3c2=O)ncn1C(c1ccccc1)(c1ccccc1)c1ccccc1. The Kier molecular flexibility index (Phi) is 6.16. The number of nitrogens with zero attached hydrogens (tertiary/aromatic N) is 3. The topological polar surface area (TPSA) is 72.7 Å². The van der Waals surface area contributed by atoms with Gasteiger partial charge in [-0.05, 0) is 35.7 Å². The fourth-order valence-corrected chi connectivity index (χ4v) is 6.20. The van der Waals surface area contributed by atoms with E-state index in [1.807, 2.05) is 48.8 Å². The third-order valence-electron chi connectivity index (χ3n) is 8.22. The minimum atomic E-state index is -0.697. The molecule has 0 fully saturated rings. The molecule has 0 saturated heterocycles. The highest BCUT2D eigenvalue weighted by Gasteiger charge is 2.39. The Morgan fingerprint density at radius 3 is 1.83 bits per heavy atom. The highest BCUT2D eigenvalue weighted by Crippen LogP contribution is 2.41. The molecule has 7 aromatic rings. The van der Waals surface area contributed by atoms with Crippen molar-refractivity contribution >= 4 is 21.7 Å². The van der Waals surface area contributed by atoms with Gasteiger partial charge in [-0.3, -0.25) is 9.59 Å². The second-order valence-corrected chi connectivity index (χ2v) is 10.5. The molecule has 42 heavy (non-hydrogen) atoms. The lowest BCUT2D eigenvalue weighted by Crippen LogP contribution is -2.38. The number of benzene rings is 4. The maximum atomic E-state index is 13.9. The van der Waals surface area contributed by atoms with Crippen LogP contribution >= 0.6 is 0 Å². The third kappa shape index (κ3) is 3.91. The summed E-state index contributed by atoms with van der Waals surface area (Å²) in [6, 6.07) is 40.4. The Labute approximate surface area is 242 Å². The van der Waals surface area contributed by atoms with E-state index in [2.05, 4.69) is 89.3 Å². The van der Waals surface area contributed by atoms with E-state index in [1.54, 1.807) is 16.8 Å². The second kappa shape index (κ2) is 10.2.